The van der Waals surface area contributed by atoms with Crippen LogP contribution in [0.2, 0.25) is 0 Å². The minimum Gasteiger partial charge on any atom is -0.397 e. The highest BCUT2D eigenvalue weighted by Crippen LogP contribution is 2.39. The number of benzene rings is 3. The molecule has 0 spiro atoms. The van der Waals surface area contributed by atoms with E-state index in [-0.39, 0.29) is 0 Å². The summed E-state index contributed by atoms with van der Waals surface area (Å²) in [5.41, 5.74) is 16.3. The third kappa shape index (κ3) is 2.54. The molecule has 104 valence electrons. The first-order valence-electron chi connectivity index (χ1n) is 6.81. The number of rotatable bonds is 3. The van der Waals surface area contributed by atoms with Crippen LogP contribution in [0, 0.1) is 0 Å². The van der Waals surface area contributed by atoms with Crippen molar-refractivity contribution in [3.8, 4) is 0 Å². The lowest BCUT2D eigenvalue weighted by Crippen LogP contribution is -2.12. The van der Waals surface area contributed by atoms with Gasteiger partial charge in [-0.15, -0.1) is 0 Å². The zero-order valence-corrected chi connectivity index (χ0v) is 11.6. The summed E-state index contributed by atoms with van der Waals surface area (Å²) >= 11 is 0. The monoisotopic (exact) mass is 275 g/mol. The van der Waals surface area contributed by atoms with E-state index < -0.39 is 0 Å². The fourth-order valence-electron chi connectivity index (χ4n) is 2.35. The molecule has 0 heterocycles. The van der Waals surface area contributed by atoms with Crippen LogP contribution >= 0.6 is 0 Å². The van der Waals surface area contributed by atoms with Crippen molar-refractivity contribution in [2.24, 2.45) is 0 Å². The Hall–Kier alpha value is -2.94. The number of anilines is 5. The average molecular weight is 275 g/mol. The van der Waals surface area contributed by atoms with Crippen molar-refractivity contribution in [2.75, 3.05) is 16.4 Å². The van der Waals surface area contributed by atoms with Crippen LogP contribution in [0.15, 0.2) is 78.9 Å². The molecular formula is C18H17N3. The molecule has 0 radical (unpaired) electrons. The lowest BCUT2D eigenvalue weighted by Gasteiger charge is -2.27. The highest BCUT2D eigenvalue weighted by Gasteiger charge is 2.15. The second-order valence-corrected chi connectivity index (χ2v) is 4.79. The maximum absolute atomic E-state index is 6.19. The van der Waals surface area contributed by atoms with Gasteiger partial charge in [0.25, 0.3) is 0 Å². The Bertz CT molecular complexity index is 684. The topological polar surface area (TPSA) is 55.3 Å². The quantitative estimate of drug-likeness (QED) is 0.700. The minimum absolute atomic E-state index is 0.587. The summed E-state index contributed by atoms with van der Waals surface area (Å²) in [6.45, 7) is 0. The molecule has 3 nitrogen and oxygen atoms in total. The summed E-state index contributed by atoms with van der Waals surface area (Å²) in [7, 11) is 0. The highest BCUT2D eigenvalue weighted by atomic mass is 15.2. The van der Waals surface area contributed by atoms with Crippen molar-refractivity contribution in [2.45, 2.75) is 0 Å². The molecule has 0 saturated heterocycles. The summed E-state index contributed by atoms with van der Waals surface area (Å²) in [6.07, 6.45) is 0. The second-order valence-electron chi connectivity index (χ2n) is 4.79. The Labute approximate surface area is 124 Å². The van der Waals surface area contributed by atoms with Crippen molar-refractivity contribution in [3.63, 3.8) is 0 Å². The van der Waals surface area contributed by atoms with Crippen molar-refractivity contribution in [1.29, 1.82) is 0 Å². The predicted molar refractivity (Wildman–Crippen MR) is 89.9 cm³/mol. The minimum atomic E-state index is 0.587. The number of nitrogens with zero attached hydrogens (tertiary/aromatic N) is 1. The molecule has 0 fully saturated rings. The van der Waals surface area contributed by atoms with Gasteiger partial charge in [-0.05, 0) is 36.4 Å². The number of hydrogen-bond donors (Lipinski definition) is 2. The van der Waals surface area contributed by atoms with Crippen molar-refractivity contribution < 1.29 is 0 Å². The van der Waals surface area contributed by atoms with E-state index in [0.29, 0.717) is 11.4 Å². The molecule has 21 heavy (non-hydrogen) atoms. The van der Waals surface area contributed by atoms with Gasteiger partial charge in [0.15, 0.2) is 0 Å². The summed E-state index contributed by atoms with van der Waals surface area (Å²) in [4.78, 5) is 2.10. The third-order valence-electron chi connectivity index (χ3n) is 3.39. The van der Waals surface area contributed by atoms with Crippen LogP contribution in [-0.2, 0) is 0 Å². The van der Waals surface area contributed by atoms with Crippen LogP contribution in [0.3, 0.4) is 0 Å². The van der Waals surface area contributed by atoms with E-state index >= 15 is 0 Å². The molecule has 0 amide bonds. The second kappa shape index (κ2) is 5.59. The Morgan fingerprint density at radius 2 is 1.10 bits per heavy atom. The van der Waals surface area contributed by atoms with E-state index in [4.69, 9.17) is 11.5 Å². The van der Waals surface area contributed by atoms with E-state index in [1.807, 2.05) is 54.6 Å². The van der Waals surface area contributed by atoms with Gasteiger partial charge in [-0.1, -0.05) is 42.5 Å². The fraction of sp³-hybridized carbons (Fsp3) is 0. The Morgan fingerprint density at radius 3 is 1.62 bits per heavy atom. The van der Waals surface area contributed by atoms with E-state index in [1.54, 1.807) is 0 Å². The van der Waals surface area contributed by atoms with Gasteiger partial charge in [-0.2, -0.15) is 0 Å². The number of hydrogen-bond acceptors (Lipinski definition) is 3. The molecule has 0 saturated carbocycles. The van der Waals surface area contributed by atoms with Gasteiger partial charge in [0.05, 0.1) is 17.1 Å². The van der Waals surface area contributed by atoms with Crippen LogP contribution in [-0.4, -0.2) is 0 Å². The zero-order valence-electron chi connectivity index (χ0n) is 11.6. The van der Waals surface area contributed by atoms with E-state index in [0.717, 1.165) is 17.1 Å². The normalized spacial score (nSPS) is 10.3. The number of para-hydroxylation sites is 3. The summed E-state index contributed by atoms with van der Waals surface area (Å²) in [6, 6.07) is 25.9. The number of nitrogen functional groups attached to an aromatic ring is 2. The lowest BCUT2D eigenvalue weighted by molar-refractivity contribution is 1.29. The van der Waals surface area contributed by atoms with Gasteiger partial charge in [-0.25, -0.2) is 0 Å². The van der Waals surface area contributed by atoms with E-state index in [9.17, 15) is 0 Å². The molecule has 3 rings (SSSR count). The molecule has 3 aromatic carbocycles. The molecule has 0 atom stereocenters. The van der Waals surface area contributed by atoms with E-state index in [2.05, 4.69) is 29.2 Å². The summed E-state index contributed by atoms with van der Waals surface area (Å²) in [5.74, 6) is 0. The van der Waals surface area contributed by atoms with Crippen molar-refractivity contribution >= 4 is 28.4 Å². The molecule has 3 aromatic rings. The first-order valence-corrected chi connectivity index (χ1v) is 6.81. The van der Waals surface area contributed by atoms with Gasteiger partial charge in [-0.3, -0.25) is 0 Å². The van der Waals surface area contributed by atoms with Gasteiger partial charge >= 0.3 is 0 Å². The fourth-order valence-corrected chi connectivity index (χ4v) is 2.35. The summed E-state index contributed by atoms with van der Waals surface area (Å²) in [5, 5.41) is 0. The first kappa shape index (κ1) is 13.1. The van der Waals surface area contributed by atoms with E-state index in [1.165, 1.54) is 0 Å². The Kier molecular flexibility index (Phi) is 3.48. The molecule has 0 aliphatic carbocycles. The third-order valence-corrected chi connectivity index (χ3v) is 3.39. The highest BCUT2D eigenvalue weighted by molar-refractivity contribution is 5.88. The van der Waals surface area contributed by atoms with Crippen molar-refractivity contribution in [1.82, 2.24) is 0 Å². The largest absolute Gasteiger partial charge is 0.397 e. The molecule has 0 unspecified atom stereocenters. The van der Waals surface area contributed by atoms with Crippen LogP contribution < -0.4 is 16.4 Å². The molecular weight excluding hydrogens is 258 g/mol. The standard InChI is InChI=1S/C18H17N3/c19-16-12-7-13-17(18(16)20)21(14-8-3-1-4-9-14)15-10-5-2-6-11-15/h1-13H,19-20H2. The SMILES string of the molecule is Nc1cccc(N(c2ccccc2)c2ccccc2)c1N. The molecule has 3 heteroatoms. The predicted octanol–water partition coefficient (Wildman–Crippen LogP) is 4.32. The molecule has 0 aliphatic heterocycles. The molecule has 0 bridgehead atoms. The van der Waals surface area contributed by atoms with Crippen LogP contribution in [0.1, 0.15) is 0 Å². The van der Waals surface area contributed by atoms with Gasteiger partial charge in [0.1, 0.15) is 0 Å². The van der Waals surface area contributed by atoms with Crippen LogP contribution in [0.25, 0.3) is 0 Å². The number of nitrogens with two attached hydrogens (primary N) is 2. The zero-order chi connectivity index (χ0) is 14.7. The summed E-state index contributed by atoms with van der Waals surface area (Å²) < 4.78 is 0. The van der Waals surface area contributed by atoms with Gasteiger partial charge in [0, 0.05) is 11.4 Å². The van der Waals surface area contributed by atoms with Gasteiger partial charge in [0.2, 0.25) is 0 Å². The van der Waals surface area contributed by atoms with Gasteiger partial charge < -0.3 is 16.4 Å². The molecule has 4 N–H and O–H groups in total. The van der Waals surface area contributed by atoms with Crippen LogP contribution in [0.5, 0.6) is 0 Å². The first-order chi connectivity index (χ1) is 10.3. The van der Waals surface area contributed by atoms with Crippen LogP contribution in [0.4, 0.5) is 28.4 Å². The lowest BCUT2D eigenvalue weighted by atomic mass is 10.1. The average Bonchev–Trinajstić information content (AvgIpc) is 2.54. The maximum atomic E-state index is 6.19. The molecule has 0 aromatic heterocycles. The van der Waals surface area contributed by atoms with Crippen molar-refractivity contribution in [3.05, 3.63) is 78.9 Å². The Morgan fingerprint density at radius 1 is 0.571 bits per heavy atom. The maximum Gasteiger partial charge on any atom is 0.0792 e. The smallest absolute Gasteiger partial charge is 0.0792 e. The Balaban J connectivity index is 2.20. The molecule has 0 aliphatic rings.